The van der Waals surface area contributed by atoms with Crippen molar-refractivity contribution < 1.29 is 33.5 Å². The molecule has 26 heavy (non-hydrogen) atoms. The minimum atomic E-state index is -1.01. The lowest BCUT2D eigenvalue weighted by molar-refractivity contribution is -0.385. The van der Waals surface area contributed by atoms with Crippen LogP contribution in [0.25, 0.3) is 0 Å². The maximum absolute atomic E-state index is 12.2. The Bertz CT molecular complexity index is 892. The summed E-state index contributed by atoms with van der Waals surface area (Å²) in [4.78, 5) is 34.8. The number of benzene rings is 2. The molecule has 0 atom stereocenters. The number of ketones is 1. The Morgan fingerprint density at radius 1 is 1.19 bits per heavy atom. The highest BCUT2D eigenvalue weighted by atomic mass is 16.7. The van der Waals surface area contributed by atoms with Crippen LogP contribution in [0, 0.1) is 10.1 Å². The van der Waals surface area contributed by atoms with E-state index in [1.807, 2.05) is 0 Å². The Morgan fingerprint density at radius 2 is 1.92 bits per heavy atom. The first-order valence-electron chi connectivity index (χ1n) is 7.42. The number of esters is 1. The largest absolute Gasteiger partial charge is 0.497 e. The van der Waals surface area contributed by atoms with Crippen molar-refractivity contribution >= 4 is 17.4 Å². The van der Waals surface area contributed by atoms with Gasteiger partial charge in [-0.1, -0.05) is 12.1 Å². The van der Waals surface area contributed by atoms with E-state index >= 15 is 0 Å². The van der Waals surface area contributed by atoms with Gasteiger partial charge >= 0.3 is 5.97 Å². The molecule has 0 fully saturated rings. The normalized spacial score (nSPS) is 11.7. The second kappa shape index (κ2) is 7.09. The van der Waals surface area contributed by atoms with E-state index in [4.69, 9.17) is 18.9 Å². The Balaban J connectivity index is 1.76. The Hall–Kier alpha value is -3.62. The maximum Gasteiger partial charge on any atom is 0.345 e. The highest BCUT2D eigenvalue weighted by molar-refractivity contribution is 6.00. The molecule has 0 spiro atoms. The van der Waals surface area contributed by atoms with Crippen molar-refractivity contribution in [3.63, 3.8) is 0 Å². The molecule has 9 heteroatoms. The lowest BCUT2D eigenvalue weighted by Gasteiger charge is -2.07. The predicted octanol–water partition coefficient (Wildman–Crippen LogP) is 2.37. The number of nitro benzene ring substituents is 1. The van der Waals surface area contributed by atoms with E-state index in [0.717, 1.165) is 6.07 Å². The molecule has 0 N–H and O–H groups in total. The summed E-state index contributed by atoms with van der Waals surface area (Å²) in [5.74, 6) is -0.636. The fourth-order valence-corrected chi connectivity index (χ4v) is 2.33. The third-order valence-corrected chi connectivity index (χ3v) is 3.63. The van der Waals surface area contributed by atoms with Gasteiger partial charge in [-0.25, -0.2) is 4.79 Å². The van der Waals surface area contributed by atoms with Crippen molar-refractivity contribution in [2.75, 3.05) is 20.5 Å². The number of methoxy groups -OCH3 is 1. The summed E-state index contributed by atoms with van der Waals surface area (Å²) in [6.45, 7) is -0.670. The number of carbonyl (C=O) groups excluding carboxylic acids is 2. The fraction of sp³-hybridized carbons (Fsp3) is 0.176. The zero-order chi connectivity index (χ0) is 18.7. The number of Topliss-reactive ketones (excluding diaryl/α,β-unsaturated/α-hetero) is 1. The zero-order valence-electron chi connectivity index (χ0n) is 13.6. The summed E-state index contributed by atoms with van der Waals surface area (Å²) in [6, 6.07) is 8.58. The van der Waals surface area contributed by atoms with Gasteiger partial charge in [-0.15, -0.1) is 0 Å². The molecule has 0 aliphatic carbocycles. The van der Waals surface area contributed by atoms with Crippen molar-refractivity contribution in [2.24, 2.45) is 0 Å². The van der Waals surface area contributed by atoms with E-state index in [1.165, 1.54) is 19.2 Å². The van der Waals surface area contributed by atoms with Gasteiger partial charge in [0.05, 0.1) is 18.1 Å². The van der Waals surface area contributed by atoms with Gasteiger partial charge < -0.3 is 18.9 Å². The van der Waals surface area contributed by atoms with Gasteiger partial charge in [0.25, 0.3) is 5.69 Å². The van der Waals surface area contributed by atoms with Crippen LogP contribution in [0.4, 0.5) is 5.69 Å². The lowest BCUT2D eigenvalue weighted by atomic mass is 10.1. The average molecular weight is 359 g/mol. The zero-order valence-corrected chi connectivity index (χ0v) is 13.6. The Kier molecular flexibility index (Phi) is 4.70. The third kappa shape index (κ3) is 3.41. The summed E-state index contributed by atoms with van der Waals surface area (Å²) in [5.41, 5.74) is -0.525. The number of rotatable bonds is 6. The number of carbonyl (C=O) groups is 2. The summed E-state index contributed by atoms with van der Waals surface area (Å²) in [7, 11) is 1.46. The third-order valence-electron chi connectivity index (χ3n) is 3.63. The molecule has 0 amide bonds. The molecular formula is C17H13NO8. The van der Waals surface area contributed by atoms with Crippen molar-refractivity contribution in [3.8, 4) is 17.2 Å². The second-order valence-electron chi connectivity index (χ2n) is 5.21. The lowest BCUT2D eigenvalue weighted by Crippen LogP contribution is -2.15. The van der Waals surface area contributed by atoms with Gasteiger partial charge in [0.15, 0.2) is 23.9 Å². The van der Waals surface area contributed by atoms with Gasteiger partial charge in [0.2, 0.25) is 6.79 Å². The topological polar surface area (TPSA) is 114 Å². The van der Waals surface area contributed by atoms with Gasteiger partial charge in [-0.2, -0.15) is 0 Å². The number of nitrogens with zero attached hydrogens (tertiary/aromatic N) is 1. The van der Waals surface area contributed by atoms with E-state index in [1.54, 1.807) is 18.2 Å². The number of hydrogen-bond donors (Lipinski definition) is 0. The van der Waals surface area contributed by atoms with Crippen LogP contribution in [-0.2, 0) is 4.74 Å². The van der Waals surface area contributed by atoms with Crippen molar-refractivity contribution in [3.05, 3.63) is 57.6 Å². The van der Waals surface area contributed by atoms with Crippen molar-refractivity contribution in [1.29, 1.82) is 0 Å². The highest BCUT2D eigenvalue weighted by Gasteiger charge is 2.28. The Morgan fingerprint density at radius 3 is 2.62 bits per heavy atom. The molecule has 2 aromatic rings. The van der Waals surface area contributed by atoms with Gasteiger partial charge in [0, 0.05) is 11.6 Å². The van der Waals surface area contributed by atoms with Crippen LogP contribution in [0.2, 0.25) is 0 Å². The molecule has 1 aliphatic heterocycles. The van der Waals surface area contributed by atoms with E-state index in [-0.39, 0.29) is 29.4 Å². The molecule has 0 bridgehead atoms. The van der Waals surface area contributed by atoms with Crippen molar-refractivity contribution in [1.82, 2.24) is 0 Å². The quantitative estimate of drug-likeness (QED) is 0.334. The van der Waals surface area contributed by atoms with Crippen LogP contribution in [0.5, 0.6) is 17.2 Å². The predicted molar refractivity (Wildman–Crippen MR) is 86.8 cm³/mol. The molecule has 2 aromatic carbocycles. The molecule has 3 rings (SSSR count). The molecule has 1 aliphatic rings. The second-order valence-corrected chi connectivity index (χ2v) is 5.21. The molecule has 0 aromatic heterocycles. The van der Waals surface area contributed by atoms with Crippen LogP contribution in [-0.4, -0.2) is 37.2 Å². The molecule has 9 nitrogen and oxygen atoms in total. The summed E-state index contributed by atoms with van der Waals surface area (Å²) < 4.78 is 20.1. The van der Waals surface area contributed by atoms with E-state index < -0.39 is 29.0 Å². The van der Waals surface area contributed by atoms with Gasteiger partial charge in [0.1, 0.15) is 11.3 Å². The monoisotopic (exact) mass is 359 g/mol. The van der Waals surface area contributed by atoms with Gasteiger partial charge in [-0.05, 0) is 12.1 Å². The minimum absolute atomic E-state index is 0.0979. The summed E-state index contributed by atoms with van der Waals surface area (Å²) in [6.07, 6.45) is 0. The maximum atomic E-state index is 12.2. The molecule has 0 saturated carbocycles. The van der Waals surface area contributed by atoms with Crippen LogP contribution in [0.1, 0.15) is 20.7 Å². The van der Waals surface area contributed by atoms with Crippen LogP contribution in [0.15, 0.2) is 36.4 Å². The number of fused-ring (bicyclic) bond motifs is 1. The SMILES string of the molecule is COc1cccc(C(=O)COC(=O)c2cc3c(cc2[N+](=O)[O-])OCO3)c1. The number of hydrogen-bond acceptors (Lipinski definition) is 8. The summed E-state index contributed by atoms with van der Waals surface area (Å²) >= 11 is 0. The van der Waals surface area contributed by atoms with Crippen LogP contribution >= 0.6 is 0 Å². The first-order chi connectivity index (χ1) is 12.5. The van der Waals surface area contributed by atoms with Crippen LogP contribution in [0.3, 0.4) is 0 Å². The van der Waals surface area contributed by atoms with Crippen LogP contribution < -0.4 is 14.2 Å². The number of ether oxygens (including phenoxy) is 4. The molecular weight excluding hydrogens is 346 g/mol. The molecule has 1 heterocycles. The highest BCUT2D eigenvalue weighted by Crippen LogP contribution is 2.38. The summed E-state index contributed by atoms with van der Waals surface area (Å²) in [5, 5.41) is 11.2. The van der Waals surface area contributed by atoms with E-state index in [9.17, 15) is 19.7 Å². The first-order valence-corrected chi connectivity index (χ1v) is 7.42. The Labute approximate surface area is 147 Å². The fourth-order valence-electron chi connectivity index (χ4n) is 2.33. The minimum Gasteiger partial charge on any atom is -0.497 e. The van der Waals surface area contributed by atoms with E-state index in [2.05, 4.69) is 0 Å². The first kappa shape index (κ1) is 17.2. The molecule has 0 radical (unpaired) electrons. The molecule has 0 unspecified atom stereocenters. The van der Waals surface area contributed by atoms with Crippen molar-refractivity contribution in [2.45, 2.75) is 0 Å². The average Bonchev–Trinajstić information content (AvgIpc) is 3.12. The standard InChI is InChI=1S/C17H13NO8/c1-23-11-4-2-3-10(5-11)14(19)8-24-17(20)12-6-15-16(26-9-25-15)7-13(12)18(21)22/h2-7H,8-9H2,1H3. The molecule has 134 valence electrons. The smallest absolute Gasteiger partial charge is 0.345 e. The molecule has 0 saturated heterocycles. The van der Waals surface area contributed by atoms with Gasteiger partial charge in [-0.3, -0.25) is 14.9 Å². The number of nitro groups is 1. The van der Waals surface area contributed by atoms with E-state index in [0.29, 0.717) is 5.75 Å².